The Morgan fingerprint density at radius 1 is 0.700 bits per heavy atom. The van der Waals surface area contributed by atoms with Crippen LogP contribution in [0.3, 0.4) is 0 Å². The summed E-state index contributed by atoms with van der Waals surface area (Å²) < 4.78 is 20.2. The fourth-order valence-electron chi connectivity index (χ4n) is 0.831. The second kappa shape index (κ2) is 26.8. The fourth-order valence-corrected chi connectivity index (χ4v) is 0.831. The van der Waals surface area contributed by atoms with Crippen molar-refractivity contribution in [3.8, 4) is 0 Å². The van der Waals surface area contributed by atoms with Gasteiger partial charge in [-0.3, -0.25) is 4.79 Å². The molecular formula is C14H32O6. The van der Waals surface area contributed by atoms with Crippen molar-refractivity contribution in [3.05, 3.63) is 0 Å². The predicted octanol–water partition coefficient (Wildman–Crippen LogP) is 2.21. The highest BCUT2D eigenvalue weighted by Crippen LogP contribution is 1.79. The summed E-state index contributed by atoms with van der Waals surface area (Å²) in [4.78, 5) is 9.00. The first-order chi connectivity index (χ1) is 9.56. The minimum atomic E-state index is -0.833. The number of carbonyl (C=O) groups is 1. The summed E-state index contributed by atoms with van der Waals surface area (Å²) >= 11 is 0. The van der Waals surface area contributed by atoms with E-state index in [0.29, 0.717) is 26.4 Å². The Bertz CT molecular complexity index is 150. The topological polar surface area (TPSA) is 74.2 Å². The molecule has 0 aromatic rings. The SMILES string of the molecule is CC(=O)O.CCOCC.CCOCCOCCOCC. The zero-order valence-corrected chi connectivity index (χ0v) is 13.6. The molecule has 0 saturated heterocycles. The molecule has 124 valence electrons. The molecule has 20 heavy (non-hydrogen) atoms. The van der Waals surface area contributed by atoms with Crippen LogP contribution in [0.1, 0.15) is 34.6 Å². The van der Waals surface area contributed by atoms with E-state index in [4.69, 9.17) is 28.8 Å². The van der Waals surface area contributed by atoms with Gasteiger partial charge in [0.15, 0.2) is 0 Å². The maximum atomic E-state index is 9.00. The van der Waals surface area contributed by atoms with Gasteiger partial charge in [0.2, 0.25) is 0 Å². The Kier molecular flexibility index (Phi) is 32.6. The van der Waals surface area contributed by atoms with Crippen LogP contribution in [0.2, 0.25) is 0 Å². The molecule has 0 saturated carbocycles. The number of hydrogen-bond donors (Lipinski definition) is 1. The van der Waals surface area contributed by atoms with Crippen LogP contribution in [-0.4, -0.2) is 63.9 Å². The molecule has 0 aromatic carbocycles. The van der Waals surface area contributed by atoms with Crippen molar-refractivity contribution in [2.75, 3.05) is 52.9 Å². The fraction of sp³-hybridized carbons (Fsp3) is 0.929. The number of carboxylic acid groups (broad SMARTS) is 1. The van der Waals surface area contributed by atoms with E-state index in [-0.39, 0.29) is 0 Å². The van der Waals surface area contributed by atoms with Crippen molar-refractivity contribution in [1.82, 2.24) is 0 Å². The van der Waals surface area contributed by atoms with Crippen LogP contribution in [0, 0.1) is 0 Å². The molecule has 0 aromatic heterocycles. The van der Waals surface area contributed by atoms with E-state index in [1.807, 2.05) is 27.7 Å². The Labute approximate surface area is 123 Å². The number of carboxylic acids is 1. The Morgan fingerprint density at radius 3 is 1.15 bits per heavy atom. The average molecular weight is 296 g/mol. The maximum absolute atomic E-state index is 9.00. The summed E-state index contributed by atoms with van der Waals surface area (Å²) in [6, 6.07) is 0. The van der Waals surface area contributed by atoms with Gasteiger partial charge in [-0.25, -0.2) is 0 Å². The van der Waals surface area contributed by atoms with Crippen LogP contribution in [0.15, 0.2) is 0 Å². The van der Waals surface area contributed by atoms with Gasteiger partial charge in [-0.2, -0.15) is 0 Å². The Morgan fingerprint density at radius 2 is 0.950 bits per heavy atom. The lowest BCUT2D eigenvalue weighted by Crippen LogP contribution is -2.08. The minimum absolute atomic E-state index is 0.668. The number of rotatable bonds is 10. The summed E-state index contributed by atoms with van der Waals surface area (Å²) in [6.07, 6.45) is 0. The Balaban J connectivity index is -0.000000266. The van der Waals surface area contributed by atoms with E-state index in [1.54, 1.807) is 0 Å². The zero-order chi connectivity index (χ0) is 16.1. The maximum Gasteiger partial charge on any atom is 0.300 e. The summed E-state index contributed by atoms with van der Waals surface area (Å²) in [6.45, 7) is 14.9. The second-order valence-corrected chi connectivity index (χ2v) is 3.31. The molecule has 0 bridgehead atoms. The van der Waals surface area contributed by atoms with Crippen molar-refractivity contribution < 1.29 is 28.8 Å². The van der Waals surface area contributed by atoms with E-state index >= 15 is 0 Å². The van der Waals surface area contributed by atoms with E-state index < -0.39 is 5.97 Å². The van der Waals surface area contributed by atoms with Gasteiger partial charge in [-0.05, 0) is 27.7 Å². The highest BCUT2D eigenvalue weighted by atomic mass is 16.5. The van der Waals surface area contributed by atoms with Crippen molar-refractivity contribution in [1.29, 1.82) is 0 Å². The van der Waals surface area contributed by atoms with Crippen LogP contribution in [0.4, 0.5) is 0 Å². The summed E-state index contributed by atoms with van der Waals surface area (Å²) in [5, 5.41) is 7.42. The van der Waals surface area contributed by atoms with E-state index in [2.05, 4.69) is 0 Å². The molecule has 0 radical (unpaired) electrons. The molecule has 0 aliphatic rings. The van der Waals surface area contributed by atoms with E-state index in [9.17, 15) is 0 Å². The normalized spacial score (nSPS) is 9.05. The van der Waals surface area contributed by atoms with Crippen LogP contribution in [0.25, 0.3) is 0 Å². The highest BCUT2D eigenvalue weighted by molar-refractivity contribution is 5.62. The van der Waals surface area contributed by atoms with Gasteiger partial charge in [0, 0.05) is 33.4 Å². The highest BCUT2D eigenvalue weighted by Gasteiger charge is 1.87. The molecule has 0 spiro atoms. The van der Waals surface area contributed by atoms with Crippen LogP contribution >= 0.6 is 0 Å². The third-order valence-corrected chi connectivity index (χ3v) is 1.56. The molecule has 0 heterocycles. The summed E-state index contributed by atoms with van der Waals surface area (Å²) in [5.74, 6) is -0.833. The lowest BCUT2D eigenvalue weighted by Gasteiger charge is -2.03. The smallest absolute Gasteiger partial charge is 0.300 e. The second-order valence-electron chi connectivity index (χ2n) is 3.31. The third-order valence-electron chi connectivity index (χ3n) is 1.56. The monoisotopic (exact) mass is 296 g/mol. The van der Waals surface area contributed by atoms with Crippen molar-refractivity contribution in [3.63, 3.8) is 0 Å². The van der Waals surface area contributed by atoms with E-state index in [1.165, 1.54) is 0 Å². The number of hydrogen-bond acceptors (Lipinski definition) is 5. The largest absolute Gasteiger partial charge is 0.481 e. The summed E-state index contributed by atoms with van der Waals surface area (Å²) in [5.41, 5.74) is 0. The van der Waals surface area contributed by atoms with Gasteiger partial charge in [0.1, 0.15) is 0 Å². The minimum Gasteiger partial charge on any atom is -0.481 e. The molecule has 0 atom stereocenters. The van der Waals surface area contributed by atoms with Crippen molar-refractivity contribution in [2.45, 2.75) is 34.6 Å². The molecule has 0 amide bonds. The van der Waals surface area contributed by atoms with Crippen LogP contribution in [0.5, 0.6) is 0 Å². The lowest BCUT2D eigenvalue weighted by molar-refractivity contribution is -0.134. The standard InChI is InChI=1S/C8H18O3.C4H10O.C2H4O2/c1-3-9-5-7-11-8-6-10-4-2;1-3-5-4-2;1-2(3)4/h3-8H2,1-2H3;3-4H2,1-2H3;1H3,(H,3,4). The van der Waals surface area contributed by atoms with Crippen LogP contribution < -0.4 is 0 Å². The van der Waals surface area contributed by atoms with Gasteiger partial charge in [0.25, 0.3) is 5.97 Å². The predicted molar refractivity (Wildman–Crippen MR) is 79.3 cm³/mol. The lowest BCUT2D eigenvalue weighted by atomic mass is 10.7. The first-order valence-corrected chi connectivity index (χ1v) is 7.07. The third kappa shape index (κ3) is 53.1. The van der Waals surface area contributed by atoms with Crippen molar-refractivity contribution >= 4 is 5.97 Å². The summed E-state index contributed by atoms with van der Waals surface area (Å²) in [7, 11) is 0. The van der Waals surface area contributed by atoms with Gasteiger partial charge >= 0.3 is 0 Å². The van der Waals surface area contributed by atoms with Gasteiger partial charge < -0.3 is 24.1 Å². The van der Waals surface area contributed by atoms with Gasteiger partial charge in [-0.1, -0.05) is 0 Å². The zero-order valence-electron chi connectivity index (χ0n) is 13.6. The van der Waals surface area contributed by atoms with Crippen LogP contribution in [-0.2, 0) is 23.7 Å². The van der Waals surface area contributed by atoms with Gasteiger partial charge in [-0.15, -0.1) is 0 Å². The quantitative estimate of drug-likeness (QED) is 0.623. The first kappa shape index (κ1) is 24.3. The molecule has 0 aliphatic heterocycles. The first-order valence-electron chi connectivity index (χ1n) is 7.07. The molecule has 6 nitrogen and oxygen atoms in total. The van der Waals surface area contributed by atoms with Gasteiger partial charge in [0.05, 0.1) is 26.4 Å². The molecule has 6 heteroatoms. The Hall–Kier alpha value is -0.690. The van der Waals surface area contributed by atoms with Crippen molar-refractivity contribution in [2.24, 2.45) is 0 Å². The molecule has 0 fully saturated rings. The average Bonchev–Trinajstić information content (AvgIpc) is 2.39. The number of aliphatic carboxylic acids is 1. The molecule has 0 rings (SSSR count). The molecular weight excluding hydrogens is 264 g/mol. The molecule has 0 unspecified atom stereocenters. The molecule has 1 N–H and O–H groups in total. The van der Waals surface area contributed by atoms with E-state index in [0.717, 1.165) is 33.4 Å². The number of ether oxygens (including phenoxy) is 4. The molecule has 0 aliphatic carbocycles.